The van der Waals surface area contributed by atoms with Crippen molar-refractivity contribution in [3.8, 4) is 11.3 Å². The summed E-state index contributed by atoms with van der Waals surface area (Å²) in [5, 5.41) is 3.36. The first-order valence-corrected chi connectivity index (χ1v) is 8.93. The molecule has 6 heteroatoms. The number of hydrogen-bond acceptors (Lipinski definition) is 5. The van der Waals surface area contributed by atoms with Gasteiger partial charge in [0.05, 0.1) is 23.1 Å². The van der Waals surface area contributed by atoms with Gasteiger partial charge in [0.25, 0.3) is 0 Å². The molecule has 0 radical (unpaired) electrons. The molecule has 0 unspecified atom stereocenters. The predicted molar refractivity (Wildman–Crippen MR) is 109 cm³/mol. The number of benzene rings is 2. The van der Waals surface area contributed by atoms with Crippen molar-refractivity contribution in [2.45, 2.75) is 6.54 Å². The summed E-state index contributed by atoms with van der Waals surface area (Å²) in [5.41, 5.74) is 5.02. The van der Waals surface area contributed by atoms with E-state index in [2.05, 4.69) is 56.0 Å². The maximum absolute atomic E-state index is 4.54. The average molecular weight is 358 g/mol. The predicted octanol–water partition coefficient (Wildman–Crippen LogP) is 3.80. The van der Waals surface area contributed by atoms with E-state index in [0.717, 1.165) is 46.9 Å². The van der Waals surface area contributed by atoms with E-state index in [9.17, 15) is 0 Å². The molecule has 1 N–H and O–H groups in total. The Balaban J connectivity index is 1.55. The molecular weight excluding hydrogens is 336 g/mol. The number of aromatic nitrogens is 4. The quantitative estimate of drug-likeness (QED) is 0.568. The Morgan fingerprint density at radius 1 is 0.963 bits per heavy atom. The highest BCUT2D eigenvalue weighted by molar-refractivity contribution is 5.80. The monoisotopic (exact) mass is 358 g/mol. The fraction of sp³-hybridized carbons (Fsp3) is 0.190. The van der Waals surface area contributed by atoms with Crippen molar-refractivity contribution in [3.63, 3.8) is 0 Å². The highest BCUT2D eigenvalue weighted by Crippen LogP contribution is 2.23. The van der Waals surface area contributed by atoms with Gasteiger partial charge < -0.3 is 14.8 Å². The number of hydrogen-bond donors (Lipinski definition) is 1. The van der Waals surface area contributed by atoms with Gasteiger partial charge in [-0.25, -0.2) is 15.0 Å². The van der Waals surface area contributed by atoms with Crippen LogP contribution in [0, 0.1) is 0 Å². The first kappa shape index (κ1) is 17.2. The van der Waals surface area contributed by atoms with Crippen LogP contribution >= 0.6 is 0 Å². The van der Waals surface area contributed by atoms with Crippen molar-refractivity contribution in [3.05, 3.63) is 67.3 Å². The van der Waals surface area contributed by atoms with Crippen molar-refractivity contribution in [1.82, 2.24) is 24.4 Å². The molecule has 136 valence electrons. The molecule has 0 fully saturated rings. The molecule has 0 amide bonds. The van der Waals surface area contributed by atoms with E-state index in [1.54, 1.807) is 6.33 Å². The Kier molecular flexibility index (Phi) is 4.80. The molecule has 0 aliphatic rings. The summed E-state index contributed by atoms with van der Waals surface area (Å²) in [6.45, 7) is 1.90. The lowest BCUT2D eigenvalue weighted by Crippen LogP contribution is -2.17. The molecule has 0 spiro atoms. The Bertz CT molecular complexity index is 1040. The molecule has 0 saturated carbocycles. The normalized spacial score (nSPS) is 11.2. The van der Waals surface area contributed by atoms with Gasteiger partial charge in [0.15, 0.2) is 0 Å². The van der Waals surface area contributed by atoms with E-state index < -0.39 is 0 Å². The molecule has 0 atom stereocenters. The molecule has 6 nitrogen and oxygen atoms in total. The van der Waals surface area contributed by atoms with Gasteiger partial charge in [0.2, 0.25) is 0 Å². The van der Waals surface area contributed by atoms with E-state index in [4.69, 9.17) is 0 Å². The summed E-state index contributed by atoms with van der Waals surface area (Å²) in [4.78, 5) is 15.4. The van der Waals surface area contributed by atoms with Crippen molar-refractivity contribution in [2.24, 2.45) is 0 Å². The lowest BCUT2D eigenvalue weighted by molar-refractivity contribution is 0.386. The van der Waals surface area contributed by atoms with Crippen LogP contribution in [0.3, 0.4) is 0 Å². The van der Waals surface area contributed by atoms with Crippen LogP contribution in [-0.4, -0.2) is 45.1 Å². The minimum absolute atomic E-state index is 0.759. The second-order valence-corrected chi connectivity index (χ2v) is 6.72. The summed E-state index contributed by atoms with van der Waals surface area (Å²) >= 11 is 0. The largest absolute Gasteiger partial charge is 0.340 e. The molecule has 2 heterocycles. The molecular formula is C21H22N6. The van der Waals surface area contributed by atoms with Gasteiger partial charge >= 0.3 is 0 Å². The van der Waals surface area contributed by atoms with Crippen LogP contribution in [0.2, 0.25) is 0 Å². The fourth-order valence-electron chi connectivity index (χ4n) is 2.97. The van der Waals surface area contributed by atoms with E-state index in [-0.39, 0.29) is 0 Å². The van der Waals surface area contributed by atoms with Crippen molar-refractivity contribution < 1.29 is 0 Å². The third-order valence-electron chi connectivity index (χ3n) is 4.42. The topological polar surface area (TPSA) is 58.9 Å². The van der Waals surface area contributed by atoms with Crippen molar-refractivity contribution >= 4 is 22.5 Å². The number of imidazole rings is 1. The molecule has 2 aromatic heterocycles. The van der Waals surface area contributed by atoms with Crippen LogP contribution in [0.5, 0.6) is 0 Å². The van der Waals surface area contributed by atoms with Gasteiger partial charge in [0, 0.05) is 30.4 Å². The maximum Gasteiger partial charge on any atom is 0.134 e. The molecule has 2 aromatic carbocycles. The van der Waals surface area contributed by atoms with Gasteiger partial charge in [0.1, 0.15) is 12.1 Å². The van der Waals surface area contributed by atoms with Gasteiger partial charge in [-0.05, 0) is 32.3 Å². The molecule has 0 aliphatic carbocycles. The van der Waals surface area contributed by atoms with Crippen LogP contribution in [0.25, 0.3) is 22.3 Å². The second kappa shape index (κ2) is 7.55. The molecule has 0 saturated heterocycles. The van der Waals surface area contributed by atoms with E-state index in [1.165, 1.54) is 0 Å². The fourth-order valence-corrected chi connectivity index (χ4v) is 2.97. The van der Waals surface area contributed by atoms with Crippen LogP contribution in [0.4, 0.5) is 11.5 Å². The smallest absolute Gasteiger partial charge is 0.134 e. The maximum atomic E-state index is 4.54. The first-order chi connectivity index (χ1) is 13.2. The first-order valence-electron chi connectivity index (χ1n) is 8.93. The summed E-state index contributed by atoms with van der Waals surface area (Å²) in [7, 11) is 4.15. The zero-order chi connectivity index (χ0) is 18.6. The zero-order valence-corrected chi connectivity index (χ0v) is 15.5. The van der Waals surface area contributed by atoms with Crippen LogP contribution in [-0.2, 0) is 6.54 Å². The number of fused-ring (bicyclic) bond motifs is 1. The van der Waals surface area contributed by atoms with Gasteiger partial charge in [-0.2, -0.15) is 0 Å². The average Bonchev–Trinajstić information content (AvgIpc) is 3.09. The Hall–Kier alpha value is -3.25. The van der Waals surface area contributed by atoms with Gasteiger partial charge in [-0.3, -0.25) is 0 Å². The zero-order valence-electron chi connectivity index (χ0n) is 15.5. The SMILES string of the molecule is CN(C)CCn1cnc2cc(Nc3cc(-c4ccccc4)ncn3)ccc21. The summed E-state index contributed by atoms with van der Waals surface area (Å²) < 4.78 is 2.18. The Morgan fingerprint density at radius 2 is 1.81 bits per heavy atom. The summed E-state index contributed by atoms with van der Waals surface area (Å²) in [5.74, 6) is 0.759. The van der Waals surface area contributed by atoms with E-state index in [1.807, 2.05) is 48.8 Å². The Labute approximate surface area is 158 Å². The highest BCUT2D eigenvalue weighted by Gasteiger charge is 2.06. The summed E-state index contributed by atoms with van der Waals surface area (Å²) in [6.07, 6.45) is 3.48. The van der Waals surface area contributed by atoms with Crippen LogP contribution in [0.15, 0.2) is 67.3 Å². The van der Waals surface area contributed by atoms with Gasteiger partial charge in [-0.1, -0.05) is 30.3 Å². The third-order valence-corrected chi connectivity index (χ3v) is 4.42. The van der Waals surface area contributed by atoms with Gasteiger partial charge in [-0.15, -0.1) is 0 Å². The molecule has 4 rings (SSSR count). The number of anilines is 2. The van der Waals surface area contributed by atoms with E-state index >= 15 is 0 Å². The lowest BCUT2D eigenvalue weighted by atomic mass is 10.1. The second-order valence-electron chi connectivity index (χ2n) is 6.72. The minimum atomic E-state index is 0.759. The number of rotatable bonds is 6. The molecule has 0 bridgehead atoms. The number of nitrogens with zero attached hydrogens (tertiary/aromatic N) is 5. The molecule has 0 aliphatic heterocycles. The summed E-state index contributed by atoms with van der Waals surface area (Å²) in [6, 6.07) is 18.2. The molecule has 4 aromatic rings. The van der Waals surface area contributed by atoms with Crippen molar-refractivity contribution in [1.29, 1.82) is 0 Å². The standard InChI is InChI=1S/C21H22N6/c1-26(2)10-11-27-15-24-19-12-17(8-9-20(19)27)25-21-13-18(22-14-23-21)16-6-4-3-5-7-16/h3-9,12-15H,10-11H2,1-2H3,(H,22,23,25). The highest BCUT2D eigenvalue weighted by atomic mass is 15.1. The third kappa shape index (κ3) is 3.96. The number of nitrogens with one attached hydrogen (secondary N) is 1. The number of likely N-dealkylation sites (N-methyl/N-ethyl adjacent to an activating group) is 1. The van der Waals surface area contributed by atoms with Crippen molar-refractivity contribution in [2.75, 3.05) is 26.0 Å². The minimum Gasteiger partial charge on any atom is -0.340 e. The van der Waals surface area contributed by atoms with Crippen LogP contribution in [0.1, 0.15) is 0 Å². The Morgan fingerprint density at radius 3 is 2.63 bits per heavy atom. The lowest BCUT2D eigenvalue weighted by Gasteiger charge is -2.11. The molecule has 27 heavy (non-hydrogen) atoms. The van der Waals surface area contributed by atoms with Crippen LogP contribution < -0.4 is 5.32 Å². The van der Waals surface area contributed by atoms with E-state index in [0.29, 0.717) is 0 Å².